The number of hydrogen-bond acceptors (Lipinski definition) is 6. The monoisotopic (exact) mass is 491 g/mol. The van der Waals surface area contributed by atoms with Crippen LogP contribution >= 0.6 is 11.6 Å². The summed E-state index contributed by atoms with van der Waals surface area (Å²) in [4.78, 5) is 30.5. The third-order valence-corrected chi connectivity index (χ3v) is 8.15. The highest BCUT2D eigenvalue weighted by Crippen LogP contribution is 2.29. The summed E-state index contributed by atoms with van der Waals surface area (Å²) in [5.41, 5.74) is 0.634. The van der Waals surface area contributed by atoms with E-state index in [1.54, 1.807) is 12.1 Å². The number of piperazine rings is 1. The van der Waals surface area contributed by atoms with Crippen molar-refractivity contribution in [2.75, 3.05) is 42.9 Å². The second kappa shape index (κ2) is 9.66. The van der Waals surface area contributed by atoms with E-state index >= 15 is 0 Å². The number of carbonyl (C=O) groups is 2. The van der Waals surface area contributed by atoms with Crippen molar-refractivity contribution in [3.05, 3.63) is 47.1 Å². The summed E-state index contributed by atoms with van der Waals surface area (Å²) in [5, 5.41) is 5.57. The maximum Gasteiger partial charge on any atom is 0.255 e. The second-order valence-corrected chi connectivity index (χ2v) is 10.7. The maximum absolute atomic E-state index is 13.2. The number of nitrogens with one attached hydrogen (secondary N) is 2. The highest BCUT2D eigenvalue weighted by molar-refractivity contribution is 7.89. The molecule has 2 saturated heterocycles. The van der Waals surface area contributed by atoms with E-state index < -0.39 is 15.9 Å². The van der Waals surface area contributed by atoms with Crippen LogP contribution in [0.15, 0.2) is 41.4 Å². The van der Waals surface area contributed by atoms with Gasteiger partial charge in [-0.1, -0.05) is 18.5 Å². The molecule has 3 heterocycles. The molecule has 2 amide bonds. The Morgan fingerprint density at radius 1 is 1.24 bits per heavy atom. The smallest absolute Gasteiger partial charge is 0.255 e. The molecule has 2 fully saturated rings. The minimum atomic E-state index is -3.81. The lowest BCUT2D eigenvalue weighted by Crippen LogP contribution is -2.48. The molecule has 2 N–H and O–H groups in total. The fourth-order valence-electron chi connectivity index (χ4n) is 4.03. The number of rotatable bonds is 5. The van der Waals surface area contributed by atoms with Crippen LogP contribution in [0, 0.1) is 5.92 Å². The number of pyridine rings is 1. The van der Waals surface area contributed by atoms with Gasteiger partial charge in [-0.25, -0.2) is 13.4 Å². The lowest BCUT2D eigenvalue weighted by atomic mass is 10.0. The van der Waals surface area contributed by atoms with Crippen LogP contribution in [-0.4, -0.2) is 62.2 Å². The van der Waals surface area contributed by atoms with Gasteiger partial charge in [-0.05, 0) is 49.1 Å². The number of halogens is 1. The number of aromatic nitrogens is 1. The van der Waals surface area contributed by atoms with Crippen LogP contribution in [0.5, 0.6) is 0 Å². The van der Waals surface area contributed by atoms with E-state index in [0.29, 0.717) is 37.7 Å². The van der Waals surface area contributed by atoms with Crippen molar-refractivity contribution in [2.45, 2.75) is 24.7 Å². The van der Waals surface area contributed by atoms with Gasteiger partial charge in [0.2, 0.25) is 15.9 Å². The van der Waals surface area contributed by atoms with Crippen molar-refractivity contribution >= 4 is 44.9 Å². The molecule has 0 radical (unpaired) electrons. The highest BCUT2D eigenvalue weighted by atomic mass is 35.5. The highest BCUT2D eigenvalue weighted by Gasteiger charge is 2.31. The summed E-state index contributed by atoms with van der Waals surface area (Å²) in [6, 6.07) is 7.66. The first-order valence-corrected chi connectivity index (χ1v) is 12.6. The number of sulfonamides is 1. The third kappa shape index (κ3) is 5.29. The fraction of sp³-hybridized carbons (Fsp3) is 0.409. The minimum Gasteiger partial charge on any atom is -0.353 e. The predicted octanol–water partition coefficient (Wildman–Crippen LogP) is 2.34. The molecule has 33 heavy (non-hydrogen) atoms. The van der Waals surface area contributed by atoms with Gasteiger partial charge in [-0.3, -0.25) is 9.59 Å². The Hall–Kier alpha value is -2.69. The first-order chi connectivity index (χ1) is 15.7. The first-order valence-electron chi connectivity index (χ1n) is 10.8. The lowest BCUT2D eigenvalue weighted by molar-refractivity contribution is -0.120. The van der Waals surface area contributed by atoms with Crippen molar-refractivity contribution in [2.24, 2.45) is 5.92 Å². The number of benzene rings is 1. The number of piperidine rings is 1. The van der Waals surface area contributed by atoms with E-state index in [-0.39, 0.29) is 33.9 Å². The van der Waals surface area contributed by atoms with Gasteiger partial charge in [0, 0.05) is 31.7 Å². The summed E-state index contributed by atoms with van der Waals surface area (Å²) < 4.78 is 27.8. The van der Waals surface area contributed by atoms with E-state index in [1.165, 1.54) is 28.7 Å². The molecule has 0 saturated carbocycles. The fourth-order valence-corrected chi connectivity index (χ4v) is 6.13. The molecule has 2 aliphatic rings. The summed E-state index contributed by atoms with van der Waals surface area (Å²) in [5.74, 6) is 0.377. The molecular weight excluding hydrogens is 466 g/mol. The predicted molar refractivity (Wildman–Crippen MR) is 126 cm³/mol. The van der Waals surface area contributed by atoms with E-state index in [2.05, 4.69) is 15.6 Å². The Kier molecular flexibility index (Phi) is 6.87. The molecular formula is C22H26ClN5O4S. The van der Waals surface area contributed by atoms with Crippen molar-refractivity contribution in [3.8, 4) is 0 Å². The van der Waals surface area contributed by atoms with Crippen molar-refractivity contribution in [3.63, 3.8) is 0 Å². The summed E-state index contributed by atoms with van der Waals surface area (Å²) in [7, 11) is -3.81. The molecule has 1 atom stereocenters. The Bertz CT molecular complexity index is 1160. The Labute approximate surface area is 198 Å². The average Bonchev–Trinajstić information content (AvgIpc) is 2.79. The zero-order chi connectivity index (χ0) is 23.6. The van der Waals surface area contributed by atoms with Crippen molar-refractivity contribution in [1.29, 1.82) is 0 Å². The molecule has 0 spiro atoms. The standard InChI is InChI=1S/C22H26ClN5O4S/c1-15-3-2-9-28(13-15)33(31,32)19-11-16(4-6-18(19)23)22(30)26-17-5-7-20(25-12-17)27-10-8-24-21(29)14-27/h4-7,11-12,15H,2-3,8-10,13-14H2,1H3,(H,24,29)(H,26,30)/t15-/m1/s1. The van der Waals surface area contributed by atoms with E-state index in [4.69, 9.17) is 11.6 Å². The number of anilines is 2. The number of hydrogen-bond donors (Lipinski definition) is 2. The van der Waals surface area contributed by atoms with Crippen molar-refractivity contribution < 1.29 is 18.0 Å². The van der Waals surface area contributed by atoms with Gasteiger partial charge in [-0.15, -0.1) is 0 Å². The van der Waals surface area contributed by atoms with Gasteiger partial charge < -0.3 is 15.5 Å². The summed E-state index contributed by atoms with van der Waals surface area (Å²) in [6.07, 6.45) is 3.28. The van der Waals surface area contributed by atoms with Crippen LogP contribution in [0.1, 0.15) is 30.1 Å². The number of carbonyl (C=O) groups excluding carboxylic acids is 2. The van der Waals surface area contributed by atoms with Gasteiger partial charge in [0.05, 0.1) is 23.5 Å². The molecule has 0 aliphatic carbocycles. The molecule has 2 aromatic rings. The minimum absolute atomic E-state index is 0.0621. The average molecular weight is 492 g/mol. The van der Waals surface area contributed by atoms with Crippen LogP contribution < -0.4 is 15.5 Å². The lowest BCUT2D eigenvalue weighted by Gasteiger charge is -2.30. The van der Waals surface area contributed by atoms with Crippen LogP contribution in [0.2, 0.25) is 5.02 Å². The molecule has 9 nitrogen and oxygen atoms in total. The molecule has 2 aliphatic heterocycles. The van der Waals surface area contributed by atoms with E-state index in [0.717, 1.165) is 12.8 Å². The molecule has 0 unspecified atom stereocenters. The van der Waals surface area contributed by atoms with E-state index in [9.17, 15) is 18.0 Å². The zero-order valence-corrected chi connectivity index (χ0v) is 19.8. The van der Waals surface area contributed by atoms with Gasteiger partial charge >= 0.3 is 0 Å². The molecule has 1 aromatic heterocycles. The van der Waals surface area contributed by atoms with Gasteiger partial charge in [0.25, 0.3) is 5.91 Å². The molecule has 0 bridgehead atoms. The quantitative estimate of drug-likeness (QED) is 0.664. The molecule has 1 aromatic carbocycles. The summed E-state index contributed by atoms with van der Waals surface area (Å²) >= 11 is 6.22. The van der Waals surface area contributed by atoms with E-state index in [1.807, 2.05) is 11.8 Å². The Morgan fingerprint density at radius 3 is 2.76 bits per heavy atom. The van der Waals surface area contributed by atoms with Gasteiger partial charge in [0.1, 0.15) is 10.7 Å². The van der Waals surface area contributed by atoms with Gasteiger partial charge in [0.15, 0.2) is 0 Å². The molecule has 4 rings (SSSR count). The van der Waals surface area contributed by atoms with Crippen LogP contribution in [0.3, 0.4) is 0 Å². The Balaban J connectivity index is 1.49. The summed E-state index contributed by atoms with van der Waals surface area (Å²) in [6.45, 7) is 4.34. The number of nitrogens with zero attached hydrogens (tertiary/aromatic N) is 3. The largest absolute Gasteiger partial charge is 0.353 e. The third-order valence-electron chi connectivity index (χ3n) is 5.80. The first kappa shape index (κ1) is 23.5. The van der Waals surface area contributed by atoms with Crippen LogP contribution in [0.4, 0.5) is 11.5 Å². The molecule has 11 heteroatoms. The SMILES string of the molecule is C[C@@H]1CCCN(S(=O)(=O)c2cc(C(=O)Nc3ccc(N4CCNC(=O)C4)nc3)ccc2Cl)C1. The number of amides is 2. The maximum atomic E-state index is 13.2. The van der Waals surface area contributed by atoms with Gasteiger partial charge in [-0.2, -0.15) is 4.31 Å². The molecule has 176 valence electrons. The van der Waals surface area contributed by atoms with Crippen LogP contribution in [-0.2, 0) is 14.8 Å². The zero-order valence-electron chi connectivity index (χ0n) is 18.3. The topological polar surface area (TPSA) is 112 Å². The normalized spacial score (nSPS) is 19.8. The van der Waals surface area contributed by atoms with Crippen LogP contribution in [0.25, 0.3) is 0 Å². The Morgan fingerprint density at radius 2 is 2.06 bits per heavy atom. The second-order valence-electron chi connectivity index (χ2n) is 8.39. The van der Waals surface area contributed by atoms with Crippen molar-refractivity contribution in [1.82, 2.24) is 14.6 Å².